The van der Waals surface area contributed by atoms with Crippen LogP contribution in [0.5, 0.6) is 0 Å². The van der Waals surface area contributed by atoms with E-state index >= 15 is 0 Å². The topological polar surface area (TPSA) is 3.24 Å². The molecule has 8 aromatic carbocycles. The Morgan fingerprint density at radius 1 is 0.396 bits per heavy atom. The summed E-state index contributed by atoms with van der Waals surface area (Å²) in [7, 11) is 0. The SMILES string of the molecule is C/C(=C/c1c2ccccc2cc2ccccc12)c1ccc(-c2ccc(N(c3ccccc3)c3cccc(-c4ccccc4)c3)cc2)cc1. The predicted octanol–water partition coefficient (Wildman–Crippen LogP) is 13.4. The van der Waals surface area contributed by atoms with Crippen LogP contribution < -0.4 is 4.90 Å². The largest absolute Gasteiger partial charge is 0.310 e. The molecule has 0 heterocycles. The molecule has 0 fully saturated rings. The molecule has 0 radical (unpaired) electrons. The highest BCUT2D eigenvalue weighted by atomic mass is 15.1. The highest BCUT2D eigenvalue weighted by Gasteiger charge is 2.14. The monoisotopic (exact) mass is 613 g/mol. The van der Waals surface area contributed by atoms with Gasteiger partial charge in [0.2, 0.25) is 0 Å². The zero-order valence-corrected chi connectivity index (χ0v) is 26.9. The lowest BCUT2D eigenvalue weighted by Gasteiger charge is -2.26. The smallest absolute Gasteiger partial charge is 0.0467 e. The van der Waals surface area contributed by atoms with E-state index in [4.69, 9.17) is 0 Å². The quantitative estimate of drug-likeness (QED) is 0.128. The number of nitrogens with zero attached hydrogens (tertiary/aromatic N) is 1. The Labute approximate surface area is 282 Å². The molecule has 0 unspecified atom stereocenters. The van der Waals surface area contributed by atoms with Gasteiger partial charge in [-0.25, -0.2) is 0 Å². The lowest BCUT2D eigenvalue weighted by molar-refractivity contribution is 1.28. The molecule has 0 atom stereocenters. The van der Waals surface area contributed by atoms with Crippen LogP contribution in [0, 0.1) is 0 Å². The van der Waals surface area contributed by atoms with E-state index in [1.54, 1.807) is 0 Å². The van der Waals surface area contributed by atoms with Crippen LogP contribution in [0.2, 0.25) is 0 Å². The van der Waals surface area contributed by atoms with E-state index in [-0.39, 0.29) is 0 Å². The van der Waals surface area contributed by atoms with Gasteiger partial charge in [0, 0.05) is 17.1 Å². The lowest BCUT2D eigenvalue weighted by Crippen LogP contribution is -2.09. The molecule has 0 aromatic heterocycles. The van der Waals surface area contributed by atoms with Crippen LogP contribution >= 0.6 is 0 Å². The van der Waals surface area contributed by atoms with E-state index in [1.807, 2.05) is 0 Å². The third kappa shape index (κ3) is 5.79. The van der Waals surface area contributed by atoms with E-state index in [2.05, 4.69) is 206 Å². The van der Waals surface area contributed by atoms with Crippen molar-refractivity contribution in [2.75, 3.05) is 4.90 Å². The fraction of sp³-hybridized carbons (Fsp3) is 0.0213. The summed E-state index contributed by atoms with van der Waals surface area (Å²) in [5.74, 6) is 0. The molecule has 8 rings (SSSR count). The average molecular weight is 614 g/mol. The van der Waals surface area contributed by atoms with E-state index in [1.165, 1.54) is 60.5 Å². The van der Waals surface area contributed by atoms with Gasteiger partial charge in [-0.1, -0.05) is 152 Å². The Bertz CT molecular complexity index is 2310. The number of para-hydroxylation sites is 1. The summed E-state index contributed by atoms with van der Waals surface area (Å²) in [6, 6.07) is 67.4. The van der Waals surface area contributed by atoms with Gasteiger partial charge < -0.3 is 4.90 Å². The van der Waals surface area contributed by atoms with Crippen LogP contribution in [-0.2, 0) is 0 Å². The molecule has 0 bridgehead atoms. The molecule has 228 valence electrons. The van der Waals surface area contributed by atoms with Gasteiger partial charge in [0.25, 0.3) is 0 Å². The summed E-state index contributed by atoms with van der Waals surface area (Å²) < 4.78 is 0. The molecule has 0 spiro atoms. The maximum absolute atomic E-state index is 2.35. The zero-order valence-electron chi connectivity index (χ0n) is 26.9. The van der Waals surface area contributed by atoms with Gasteiger partial charge in [-0.15, -0.1) is 0 Å². The molecule has 0 N–H and O–H groups in total. The van der Waals surface area contributed by atoms with Crippen molar-refractivity contribution in [2.45, 2.75) is 6.92 Å². The van der Waals surface area contributed by atoms with Crippen molar-refractivity contribution in [3.63, 3.8) is 0 Å². The van der Waals surface area contributed by atoms with Crippen molar-refractivity contribution in [1.82, 2.24) is 0 Å². The Morgan fingerprint density at radius 2 is 0.875 bits per heavy atom. The summed E-state index contributed by atoms with van der Waals surface area (Å²) in [5, 5.41) is 5.10. The molecule has 0 amide bonds. The van der Waals surface area contributed by atoms with Crippen molar-refractivity contribution in [3.05, 3.63) is 199 Å². The average Bonchev–Trinajstić information content (AvgIpc) is 3.16. The van der Waals surface area contributed by atoms with Crippen molar-refractivity contribution >= 4 is 50.3 Å². The number of benzene rings is 8. The fourth-order valence-electron chi connectivity index (χ4n) is 6.71. The molecule has 0 aliphatic rings. The molecular weight excluding hydrogens is 579 g/mol. The number of hydrogen-bond donors (Lipinski definition) is 0. The van der Waals surface area contributed by atoms with Crippen LogP contribution in [0.15, 0.2) is 188 Å². The third-order valence-electron chi connectivity index (χ3n) is 9.20. The van der Waals surface area contributed by atoms with Crippen LogP contribution in [0.4, 0.5) is 17.1 Å². The minimum absolute atomic E-state index is 1.12. The van der Waals surface area contributed by atoms with Gasteiger partial charge in [-0.3, -0.25) is 0 Å². The first-order chi connectivity index (χ1) is 23.7. The predicted molar refractivity (Wildman–Crippen MR) is 207 cm³/mol. The highest BCUT2D eigenvalue weighted by molar-refractivity contribution is 6.09. The maximum atomic E-state index is 2.35. The first kappa shape index (κ1) is 29.2. The summed E-state index contributed by atoms with van der Waals surface area (Å²) >= 11 is 0. The number of fused-ring (bicyclic) bond motifs is 2. The number of rotatable bonds is 7. The molecule has 1 heteroatoms. The Balaban J connectivity index is 1.10. The highest BCUT2D eigenvalue weighted by Crippen LogP contribution is 2.38. The Kier molecular flexibility index (Phi) is 7.86. The molecule has 0 aliphatic heterocycles. The molecule has 1 nitrogen and oxygen atoms in total. The van der Waals surface area contributed by atoms with Crippen LogP contribution in [0.3, 0.4) is 0 Å². The molecule has 48 heavy (non-hydrogen) atoms. The van der Waals surface area contributed by atoms with E-state index in [9.17, 15) is 0 Å². The summed E-state index contributed by atoms with van der Waals surface area (Å²) in [6.07, 6.45) is 2.35. The molecule has 0 aliphatic carbocycles. The van der Waals surface area contributed by atoms with Gasteiger partial charge in [0.1, 0.15) is 0 Å². The van der Waals surface area contributed by atoms with Crippen LogP contribution in [0.25, 0.3) is 55.4 Å². The number of allylic oxidation sites excluding steroid dienone is 1. The Hall–Kier alpha value is -6.18. The first-order valence-corrected chi connectivity index (χ1v) is 16.5. The summed E-state index contributed by atoms with van der Waals surface area (Å²) in [5.41, 5.74) is 11.9. The third-order valence-corrected chi connectivity index (χ3v) is 9.20. The molecular formula is C47H35N. The second-order valence-electron chi connectivity index (χ2n) is 12.3. The number of hydrogen-bond acceptors (Lipinski definition) is 1. The minimum Gasteiger partial charge on any atom is -0.310 e. The van der Waals surface area contributed by atoms with E-state index in [0.29, 0.717) is 0 Å². The van der Waals surface area contributed by atoms with Crippen LogP contribution in [0.1, 0.15) is 18.1 Å². The van der Waals surface area contributed by atoms with E-state index < -0.39 is 0 Å². The van der Waals surface area contributed by atoms with Crippen molar-refractivity contribution in [1.29, 1.82) is 0 Å². The maximum Gasteiger partial charge on any atom is 0.0467 e. The van der Waals surface area contributed by atoms with Crippen molar-refractivity contribution < 1.29 is 0 Å². The van der Waals surface area contributed by atoms with Crippen molar-refractivity contribution in [2.24, 2.45) is 0 Å². The molecule has 0 saturated carbocycles. The molecule has 0 saturated heterocycles. The van der Waals surface area contributed by atoms with Gasteiger partial charge in [0.05, 0.1) is 0 Å². The van der Waals surface area contributed by atoms with Gasteiger partial charge in [-0.2, -0.15) is 0 Å². The normalized spacial score (nSPS) is 11.6. The van der Waals surface area contributed by atoms with E-state index in [0.717, 1.165) is 17.1 Å². The van der Waals surface area contributed by atoms with Crippen LogP contribution in [-0.4, -0.2) is 0 Å². The minimum atomic E-state index is 1.12. The zero-order chi connectivity index (χ0) is 32.3. The van der Waals surface area contributed by atoms with Gasteiger partial charge >= 0.3 is 0 Å². The second-order valence-corrected chi connectivity index (χ2v) is 12.3. The first-order valence-electron chi connectivity index (χ1n) is 16.5. The fourth-order valence-corrected chi connectivity index (χ4v) is 6.71. The van der Waals surface area contributed by atoms with Gasteiger partial charge in [0.15, 0.2) is 0 Å². The Morgan fingerprint density at radius 3 is 1.52 bits per heavy atom. The summed E-state index contributed by atoms with van der Waals surface area (Å²) in [6.45, 7) is 2.21. The summed E-state index contributed by atoms with van der Waals surface area (Å²) in [4.78, 5) is 2.32. The lowest BCUT2D eigenvalue weighted by atomic mass is 9.94. The second kappa shape index (κ2) is 12.9. The van der Waals surface area contributed by atoms with Crippen molar-refractivity contribution in [3.8, 4) is 22.3 Å². The number of anilines is 3. The van der Waals surface area contributed by atoms with Gasteiger partial charge in [-0.05, 0) is 110 Å². The molecule has 8 aromatic rings. The standard InChI is InChI=1S/C47H35N/c1-34(31-47-45-21-10-8-15-40(45)32-41-16-9-11-22-46(41)47)35-23-25-37(26-24-35)38-27-29-43(30-28-38)48(42-18-6-3-7-19-42)44-20-12-17-39(33-44)36-13-4-2-5-14-36/h2-33H,1H3/b34-31-.